The van der Waals surface area contributed by atoms with E-state index in [0.717, 1.165) is 18.4 Å². The highest BCUT2D eigenvalue weighted by Gasteiger charge is 2.37. The van der Waals surface area contributed by atoms with E-state index in [-0.39, 0.29) is 10.8 Å². The van der Waals surface area contributed by atoms with Gasteiger partial charge in [-0.2, -0.15) is 4.31 Å². The fourth-order valence-electron chi connectivity index (χ4n) is 3.06. The average molecular weight is 393 g/mol. The summed E-state index contributed by atoms with van der Waals surface area (Å²) in [7, 11) is -3.72. The second-order valence-corrected chi connectivity index (χ2v) is 8.76. The molecule has 1 amide bonds. The van der Waals surface area contributed by atoms with Gasteiger partial charge in [-0.15, -0.1) is 0 Å². The van der Waals surface area contributed by atoms with Crippen LogP contribution in [-0.4, -0.2) is 31.2 Å². The van der Waals surface area contributed by atoms with Crippen molar-refractivity contribution in [1.29, 1.82) is 0 Å². The molecule has 26 heavy (non-hydrogen) atoms. The summed E-state index contributed by atoms with van der Waals surface area (Å²) in [6.45, 7) is 2.24. The predicted molar refractivity (Wildman–Crippen MR) is 103 cm³/mol. The van der Waals surface area contributed by atoms with Crippen molar-refractivity contribution < 1.29 is 13.2 Å². The molecule has 0 aromatic heterocycles. The molecule has 0 unspecified atom stereocenters. The molecule has 5 nitrogen and oxygen atoms in total. The maximum Gasteiger partial charge on any atom is 0.243 e. The Labute approximate surface area is 159 Å². The number of hydrogen-bond donors (Lipinski definition) is 1. The topological polar surface area (TPSA) is 66.5 Å². The second kappa shape index (κ2) is 7.78. The van der Waals surface area contributed by atoms with Gasteiger partial charge in [0, 0.05) is 17.3 Å². The van der Waals surface area contributed by atoms with E-state index in [4.69, 9.17) is 11.6 Å². The van der Waals surface area contributed by atoms with E-state index in [1.807, 2.05) is 6.92 Å². The molecule has 1 saturated heterocycles. The summed E-state index contributed by atoms with van der Waals surface area (Å²) in [6.07, 6.45) is 2.07. The average Bonchev–Trinajstić information content (AvgIpc) is 2.64. The first kappa shape index (κ1) is 18.9. The van der Waals surface area contributed by atoms with Gasteiger partial charge >= 0.3 is 0 Å². The number of amides is 1. The lowest BCUT2D eigenvalue weighted by Crippen LogP contribution is -2.49. The summed E-state index contributed by atoms with van der Waals surface area (Å²) in [5.41, 5.74) is 1.58. The number of hydrogen-bond acceptors (Lipinski definition) is 3. The number of sulfonamides is 1. The van der Waals surface area contributed by atoms with Crippen molar-refractivity contribution in [2.24, 2.45) is 0 Å². The van der Waals surface area contributed by atoms with E-state index in [2.05, 4.69) is 5.32 Å². The van der Waals surface area contributed by atoms with Gasteiger partial charge in [-0.3, -0.25) is 4.79 Å². The maximum atomic E-state index is 13.0. The van der Waals surface area contributed by atoms with Crippen molar-refractivity contribution >= 4 is 33.2 Å². The lowest BCUT2D eigenvalue weighted by molar-refractivity contribution is -0.120. The molecule has 1 heterocycles. The lowest BCUT2D eigenvalue weighted by Gasteiger charge is -2.33. The van der Waals surface area contributed by atoms with Crippen LogP contribution in [-0.2, 0) is 14.8 Å². The summed E-state index contributed by atoms with van der Waals surface area (Å²) in [6, 6.07) is 12.7. The van der Waals surface area contributed by atoms with Crippen molar-refractivity contribution in [2.45, 2.75) is 37.1 Å². The molecule has 0 saturated carbocycles. The van der Waals surface area contributed by atoms with Crippen LogP contribution in [0.4, 0.5) is 5.69 Å². The molecule has 2 aromatic rings. The van der Waals surface area contributed by atoms with Crippen LogP contribution < -0.4 is 5.32 Å². The molecule has 3 rings (SSSR count). The molecule has 7 heteroatoms. The van der Waals surface area contributed by atoms with Gasteiger partial charge in [-0.1, -0.05) is 35.7 Å². The number of nitrogens with one attached hydrogen (secondary N) is 1. The molecule has 1 aliphatic heterocycles. The van der Waals surface area contributed by atoms with E-state index in [0.29, 0.717) is 23.7 Å². The van der Waals surface area contributed by atoms with Crippen molar-refractivity contribution in [3.8, 4) is 0 Å². The third-order valence-corrected chi connectivity index (χ3v) is 6.67. The number of carbonyl (C=O) groups is 1. The van der Waals surface area contributed by atoms with Gasteiger partial charge in [-0.25, -0.2) is 8.42 Å². The van der Waals surface area contributed by atoms with Crippen LogP contribution in [0.3, 0.4) is 0 Å². The Morgan fingerprint density at radius 1 is 1.08 bits per heavy atom. The molecule has 1 atom stereocenters. The number of carbonyl (C=O) groups excluding carboxylic acids is 1. The smallest absolute Gasteiger partial charge is 0.243 e. The molecule has 0 spiro atoms. The third kappa shape index (κ3) is 4.09. The van der Waals surface area contributed by atoms with Gasteiger partial charge in [0.25, 0.3) is 0 Å². The van der Waals surface area contributed by atoms with Crippen LogP contribution >= 0.6 is 11.6 Å². The number of nitrogens with zero attached hydrogens (tertiary/aromatic N) is 1. The summed E-state index contributed by atoms with van der Waals surface area (Å²) in [4.78, 5) is 13.0. The minimum Gasteiger partial charge on any atom is -0.325 e. The molecule has 0 aliphatic carbocycles. The van der Waals surface area contributed by atoms with Crippen LogP contribution in [0.2, 0.25) is 5.02 Å². The number of benzene rings is 2. The zero-order valence-electron chi connectivity index (χ0n) is 14.5. The molecular weight excluding hydrogens is 372 g/mol. The normalized spacial score (nSPS) is 18.5. The molecule has 0 bridgehead atoms. The Morgan fingerprint density at radius 2 is 1.73 bits per heavy atom. The van der Waals surface area contributed by atoms with Gasteiger partial charge in [0.2, 0.25) is 15.9 Å². The van der Waals surface area contributed by atoms with Crippen molar-refractivity contribution in [2.75, 3.05) is 11.9 Å². The van der Waals surface area contributed by atoms with Crippen molar-refractivity contribution in [1.82, 2.24) is 4.31 Å². The Morgan fingerprint density at radius 3 is 2.38 bits per heavy atom. The third-order valence-electron chi connectivity index (χ3n) is 4.50. The van der Waals surface area contributed by atoms with E-state index in [1.165, 1.54) is 4.31 Å². The maximum absolute atomic E-state index is 13.0. The summed E-state index contributed by atoms with van der Waals surface area (Å²) in [5.74, 6) is -0.317. The predicted octanol–water partition coefficient (Wildman–Crippen LogP) is 3.83. The molecule has 2 aromatic carbocycles. The van der Waals surface area contributed by atoms with Crippen LogP contribution in [0.25, 0.3) is 0 Å². The SMILES string of the molecule is Cc1ccc(S(=O)(=O)N2CCCC[C@H]2C(=O)Nc2ccc(Cl)cc2)cc1. The molecular formula is C19H21ClN2O3S. The highest BCUT2D eigenvalue weighted by molar-refractivity contribution is 7.89. The molecule has 0 radical (unpaired) electrons. The first-order chi connectivity index (χ1) is 12.4. The Balaban J connectivity index is 1.83. The van der Waals surface area contributed by atoms with Gasteiger partial charge in [0.1, 0.15) is 6.04 Å². The Kier molecular flexibility index (Phi) is 5.65. The minimum absolute atomic E-state index is 0.217. The number of aryl methyl sites for hydroxylation is 1. The van der Waals surface area contributed by atoms with Gasteiger partial charge in [-0.05, 0) is 56.2 Å². The highest BCUT2D eigenvalue weighted by Crippen LogP contribution is 2.26. The fourth-order valence-corrected chi connectivity index (χ4v) is 4.84. The summed E-state index contributed by atoms with van der Waals surface area (Å²) < 4.78 is 27.4. The lowest BCUT2D eigenvalue weighted by atomic mass is 10.0. The fraction of sp³-hybridized carbons (Fsp3) is 0.316. The first-order valence-electron chi connectivity index (χ1n) is 8.53. The number of anilines is 1. The molecule has 1 N–H and O–H groups in total. The number of piperidine rings is 1. The summed E-state index contributed by atoms with van der Waals surface area (Å²) in [5, 5.41) is 3.37. The molecule has 1 aliphatic rings. The van der Waals surface area contributed by atoms with Crippen molar-refractivity contribution in [3.63, 3.8) is 0 Å². The molecule has 1 fully saturated rings. The van der Waals surface area contributed by atoms with Crippen LogP contribution in [0, 0.1) is 6.92 Å². The second-order valence-electron chi connectivity index (χ2n) is 6.44. The Hall–Kier alpha value is -1.89. The van der Waals surface area contributed by atoms with E-state index in [9.17, 15) is 13.2 Å². The number of rotatable bonds is 4. The van der Waals surface area contributed by atoms with Gasteiger partial charge in [0.15, 0.2) is 0 Å². The zero-order valence-corrected chi connectivity index (χ0v) is 16.1. The number of halogens is 1. The van der Waals surface area contributed by atoms with Gasteiger partial charge < -0.3 is 5.32 Å². The minimum atomic E-state index is -3.72. The van der Waals surface area contributed by atoms with Crippen LogP contribution in [0.5, 0.6) is 0 Å². The van der Waals surface area contributed by atoms with E-state index < -0.39 is 16.1 Å². The van der Waals surface area contributed by atoms with Crippen molar-refractivity contribution in [3.05, 3.63) is 59.1 Å². The van der Waals surface area contributed by atoms with E-state index in [1.54, 1.807) is 48.5 Å². The largest absolute Gasteiger partial charge is 0.325 e. The summed E-state index contributed by atoms with van der Waals surface area (Å²) >= 11 is 5.86. The van der Waals surface area contributed by atoms with Crippen LogP contribution in [0.1, 0.15) is 24.8 Å². The van der Waals surface area contributed by atoms with E-state index >= 15 is 0 Å². The Bertz CT molecular complexity index is 880. The first-order valence-corrected chi connectivity index (χ1v) is 10.3. The quantitative estimate of drug-likeness (QED) is 0.859. The highest BCUT2D eigenvalue weighted by atomic mass is 35.5. The standard InChI is InChI=1S/C19H21ClN2O3S/c1-14-5-11-17(12-6-14)26(24,25)22-13-3-2-4-18(22)19(23)21-16-9-7-15(20)8-10-16/h5-12,18H,2-4,13H2,1H3,(H,21,23)/t18-/m0/s1. The zero-order chi connectivity index (χ0) is 18.7. The molecule has 138 valence electrons. The van der Waals surface area contributed by atoms with Crippen LogP contribution in [0.15, 0.2) is 53.4 Å². The monoisotopic (exact) mass is 392 g/mol. The van der Waals surface area contributed by atoms with Gasteiger partial charge in [0.05, 0.1) is 4.90 Å².